The minimum absolute atomic E-state index is 0.0945. The number of carbonyl (C=O) groups excluding carboxylic acids is 1. The molecule has 0 saturated carbocycles. The topological polar surface area (TPSA) is 127 Å². The van der Waals surface area contributed by atoms with E-state index >= 15 is 0 Å². The first kappa shape index (κ1) is 15.1. The van der Waals surface area contributed by atoms with E-state index in [0.29, 0.717) is 0 Å². The quantitative estimate of drug-likeness (QED) is 0.690. The normalized spacial score (nSPS) is 11.9. The van der Waals surface area contributed by atoms with Gasteiger partial charge < -0.3 is 10.4 Å². The molecule has 0 aliphatic carbocycles. The van der Waals surface area contributed by atoms with Crippen molar-refractivity contribution in [3.63, 3.8) is 0 Å². The van der Waals surface area contributed by atoms with Crippen LogP contribution in [0.25, 0.3) is 0 Å². The predicted molar refractivity (Wildman–Crippen MR) is 67.9 cm³/mol. The molecule has 0 saturated heterocycles. The van der Waals surface area contributed by atoms with Gasteiger partial charge in [-0.2, -0.15) is 0 Å². The number of nitrogens with one attached hydrogen (secondary N) is 1. The first-order chi connectivity index (χ1) is 8.55. The first-order valence-corrected chi connectivity index (χ1v) is 6.77. The molecule has 0 aliphatic rings. The number of hydrogen-bond donors (Lipinski definition) is 3. The second kappa shape index (κ2) is 4.98. The molecule has 4 N–H and O–H groups in total. The third kappa shape index (κ3) is 3.52. The first-order valence-electron chi connectivity index (χ1n) is 5.23. The summed E-state index contributed by atoms with van der Waals surface area (Å²) in [5, 5.41) is 16.2. The third-order valence-corrected chi connectivity index (χ3v) is 3.47. The number of carbonyl (C=O) groups is 2. The van der Waals surface area contributed by atoms with E-state index in [2.05, 4.69) is 5.32 Å². The SMILES string of the molecule is CC(C)(C(=O)O)C(=O)Nc1ccc(S(N)(=O)=O)cc1. The van der Waals surface area contributed by atoms with Crippen molar-refractivity contribution < 1.29 is 23.1 Å². The van der Waals surface area contributed by atoms with E-state index in [1.165, 1.54) is 38.1 Å². The number of benzene rings is 1. The van der Waals surface area contributed by atoms with E-state index < -0.39 is 27.3 Å². The summed E-state index contributed by atoms with van der Waals surface area (Å²) in [5.74, 6) is -1.96. The Morgan fingerprint density at radius 3 is 2.05 bits per heavy atom. The molecule has 1 aromatic rings. The zero-order chi connectivity index (χ0) is 14.8. The van der Waals surface area contributed by atoms with Gasteiger partial charge in [-0.1, -0.05) is 0 Å². The van der Waals surface area contributed by atoms with Crippen molar-refractivity contribution in [3.8, 4) is 0 Å². The number of amides is 1. The maximum Gasteiger partial charge on any atom is 0.318 e. The van der Waals surface area contributed by atoms with Crippen molar-refractivity contribution in [2.24, 2.45) is 10.6 Å². The highest BCUT2D eigenvalue weighted by molar-refractivity contribution is 7.89. The van der Waals surface area contributed by atoms with Gasteiger partial charge in [0.05, 0.1) is 4.90 Å². The lowest BCUT2D eigenvalue weighted by atomic mass is 9.92. The molecule has 104 valence electrons. The Balaban J connectivity index is 2.91. The highest BCUT2D eigenvalue weighted by Gasteiger charge is 2.35. The van der Waals surface area contributed by atoms with Gasteiger partial charge in [-0.25, -0.2) is 13.6 Å². The van der Waals surface area contributed by atoms with Crippen LogP contribution in [0.2, 0.25) is 0 Å². The van der Waals surface area contributed by atoms with Crippen LogP contribution in [0.3, 0.4) is 0 Å². The Bertz CT molecular complexity index is 604. The van der Waals surface area contributed by atoms with Crippen molar-refractivity contribution >= 4 is 27.6 Å². The highest BCUT2D eigenvalue weighted by atomic mass is 32.2. The van der Waals surface area contributed by atoms with Crippen molar-refractivity contribution in [1.29, 1.82) is 0 Å². The minimum Gasteiger partial charge on any atom is -0.480 e. The average Bonchev–Trinajstić information content (AvgIpc) is 2.28. The molecule has 0 aliphatic heterocycles. The van der Waals surface area contributed by atoms with Gasteiger partial charge in [0.25, 0.3) is 0 Å². The lowest BCUT2D eigenvalue weighted by molar-refractivity contribution is -0.151. The largest absolute Gasteiger partial charge is 0.480 e. The smallest absolute Gasteiger partial charge is 0.318 e. The van der Waals surface area contributed by atoms with Crippen LogP contribution >= 0.6 is 0 Å². The summed E-state index contributed by atoms with van der Waals surface area (Å²) >= 11 is 0. The van der Waals surface area contributed by atoms with Gasteiger partial charge in [0.1, 0.15) is 5.41 Å². The number of primary sulfonamides is 1. The summed E-state index contributed by atoms with van der Waals surface area (Å²) in [6.07, 6.45) is 0. The average molecular weight is 286 g/mol. The Hall–Kier alpha value is -1.93. The molecule has 0 fully saturated rings. The molecular weight excluding hydrogens is 272 g/mol. The summed E-state index contributed by atoms with van der Waals surface area (Å²) in [7, 11) is -3.80. The molecule has 0 heterocycles. The number of carboxylic acids is 1. The van der Waals surface area contributed by atoms with Gasteiger partial charge in [0.15, 0.2) is 0 Å². The second-order valence-corrected chi connectivity index (χ2v) is 6.02. The summed E-state index contributed by atoms with van der Waals surface area (Å²) in [6.45, 7) is 2.53. The highest BCUT2D eigenvalue weighted by Crippen LogP contribution is 2.19. The Labute approximate surface area is 110 Å². The molecule has 1 rings (SSSR count). The van der Waals surface area contributed by atoms with Gasteiger partial charge >= 0.3 is 5.97 Å². The minimum atomic E-state index is -3.80. The number of carboxylic acid groups (broad SMARTS) is 1. The fourth-order valence-corrected chi connectivity index (χ4v) is 1.63. The fraction of sp³-hybridized carbons (Fsp3) is 0.273. The molecule has 0 spiro atoms. The monoisotopic (exact) mass is 286 g/mol. The molecular formula is C11H14N2O5S. The van der Waals surface area contributed by atoms with Crippen LogP contribution in [-0.2, 0) is 19.6 Å². The second-order valence-electron chi connectivity index (χ2n) is 4.45. The number of aliphatic carboxylic acids is 1. The summed E-state index contributed by atoms with van der Waals surface area (Å²) in [5.41, 5.74) is -1.30. The Morgan fingerprint density at radius 2 is 1.68 bits per heavy atom. The fourth-order valence-electron chi connectivity index (χ4n) is 1.11. The lowest BCUT2D eigenvalue weighted by Gasteiger charge is -2.18. The molecule has 8 heteroatoms. The molecule has 0 bridgehead atoms. The number of nitrogens with two attached hydrogens (primary N) is 1. The number of hydrogen-bond acceptors (Lipinski definition) is 4. The molecule has 0 radical (unpaired) electrons. The predicted octanol–water partition coefficient (Wildman–Crippen LogP) is 0.383. The summed E-state index contributed by atoms with van der Waals surface area (Å²) in [6, 6.07) is 5.10. The Kier molecular flexibility index (Phi) is 3.97. The van der Waals surface area contributed by atoms with Crippen molar-refractivity contribution in [2.75, 3.05) is 5.32 Å². The van der Waals surface area contributed by atoms with Crippen LogP contribution in [0.4, 0.5) is 5.69 Å². The van der Waals surface area contributed by atoms with Crippen LogP contribution in [0, 0.1) is 5.41 Å². The van der Waals surface area contributed by atoms with E-state index in [9.17, 15) is 18.0 Å². The standard InChI is InChI=1S/C11H14N2O5S/c1-11(2,10(15)16)9(14)13-7-3-5-8(6-4-7)19(12,17)18/h3-6H,1-2H3,(H,13,14)(H,15,16)(H2,12,17,18). The van der Waals surface area contributed by atoms with Crippen LogP contribution in [-0.4, -0.2) is 25.4 Å². The van der Waals surface area contributed by atoms with Gasteiger partial charge in [-0.05, 0) is 38.1 Å². The molecule has 0 aromatic heterocycles. The molecule has 1 amide bonds. The Morgan fingerprint density at radius 1 is 1.21 bits per heavy atom. The zero-order valence-electron chi connectivity index (χ0n) is 10.4. The van der Waals surface area contributed by atoms with E-state index in [-0.39, 0.29) is 10.6 Å². The zero-order valence-corrected chi connectivity index (χ0v) is 11.2. The summed E-state index contributed by atoms with van der Waals surface area (Å²) in [4.78, 5) is 22.5. The van der Waals surface area contributed by atoms with E-state index in [4.69, 9.17) is 10.2 Å². The molecule has 1 aromatic carbocycles. The van der Waals surface area contributed by atoms with Crippen LogP contribution in [0.5, 0.6) is 0 Å². The number of anilines is 1. The molecule has 19 heavy (non-hydrogen) atoms. The third-order valence-electron chi connectivity index (χ3n) is 2.54. The van der Waals surface area contributed by atoms with Gasteiger partial charge in [-0.15, -0.1) is 0 Å². The van der Waals surface area contributed by atoms with Gasteiger partial charge in [0.2, 0.25) is 15.9 Å². The maximum atomic E-state index is 11.7. The van der Waals surface area contributed by atoms with Crippen LogP contribution in [0.1, 0.15) is 13.8 Å². The van der Waals surface area contributed by atoms with Crippen molar-refractivity contribution in [1.82, 2.24) is 0 Å². The summed E-state index contributed by atoms with van der Waals surface area (Å²) < 4.78 is 22.1. The van der Waals surface area contributed by atoms with Crippen molar-refractivity contribution in [2.45, 2.75) is 18.7 Å². The van der Waals surface area contributed by atoms with E-state index in [0.717, 1.165) is 0 Å². The van der Waals surface area contributed by atoms with Crippen molar-refractivity contribution in [3.05, 3.63) is 24.3 Å². The lowest BCUT2D eigenvalue weighted by Crippen LogP contribution is -2.37. The van der Waals surface area contributed by atoms with Gasteiger partial charge in [0, 0.05) is 5.69 Å². The van der Waals surface area contributed by atoms with Gasteiger partial charge in [-0.3, -0.25) is 9.59 Å². The van der Waals surface area contributed by atoms with Crippen LogP contribution < -0.4 is 10.5 Å². The van der Waals surface area contributed by atoms with E-state index in [1.54, 1.807) is 0 Å². The molecule has 0 unspecified atom stereocenters. The van der Waals surface area contributed by atoms with Crippen LogP contribution in [0.15, 0.2) is 29.2 Å². The molecule has 7 nitrogen and oxygen atoms in total. The molecule has 0 atom stereocenters. The maximum absolute atomic E-state index is 11.7. The number of rotatable bonds is 4. The number of sulfonamides is 1. The van der Waals surface area contributed by atoms with E-state index in [1.807, 2.05) is 0 Å².